The molecular weight excluding hydrogens is 368 g/mol. The summed E-state index contributed by atoms with van der Waals surface area (Å²) in [4.78, 5) is 6.81. The van der Waals surface area contributed by atoms with Crippen molar-refractivity contribution in [3.63, 3.8) is 0 Å². The summed E-state index contributed by atoms with van der Waals surface area (Å²) in [7, 11) is -0.365. The summed E-state index contributed by atoms with van der Waals surface area (Å²) in [6, 6.07) is 5.89. The topological polar surface area (TPSA) is 107 Å². The van der Waals surface area contributed by atoms with Crippen LogP contribution < -0.4 is 24.2 Å². The van der Waals surface area contributed by atoms with Gasteiger partial charge in [0.2, 0.25) is 0 Å². The predicted molar refractivity (Wildman–Crippen MR) is 106 cm³/mol. The van der Waals surface area contributed by atoms with Crippen LogP contribution in [0.15, 0.2) is 24.4 Å². The van der Waals surface area contributed by atoms with Gasteiger partial charge in [0.05, 0.1) is 19.7 Å². The number of ether oxygens (including phenoxy) is 2. The van der Waals surface area contributed by atoms with Crippen LogP contribution in [0.25, 0.3) is 10.9 Å². The molecule has 3 rings (SSSR count). The molecule has 3 N–H and O–H groups in total. The second kappa shape index (κ2) is 8.28. The van der Waals surface area contributed by atoms with Gasteiger partial charge in [-0.25, -0.2) is 9.86 Å². The molecule has 0 amide bonds. The Balaban J connectivity index is 1.71. The highest BCUT2D eigenvalue weighted by Gasteiger charge is 2.21. The average molecular weight is 394 g/mol. The van der Waals surface area contributed by atoms with E-state index in [1.54, 1.807) is 14.2 Å². The number of hydrogen-bond acceptors (Lipinski definition) is 6. The molecule has 1 aliphatic rings. The highest BCUT2D eigenvalue weighted by atomic mass is 32.2. The lowest BCUT2D eigenvalue weighted by molar-refractivity contribution is 0.355. The first-order chi connectivity index (χ1) is 12.9. The predicted octanol–water partition coefficient (Wildman–Crippen LogP) is 1.65. The van der Waals surface area contributed by atoms with Gasteiger partial charge in [-0.15, -0.1) is 0 Å². The molecule has 0 radical (unpaired) electrons. The molecular formula is C18H26N4O4S. The third-order valence-corrected chi connectivity index (χ3v) is 5.64. The molecule has 2 aromatic rings. The SMILES string of the molecule is COc1cc2nccc(N3CCC(CCNS(N)(=O)=O)CC3)c2cc1OC. The minimum absolute atomic E-state index is 0.388. The Labute approximate surface area is 159 Å². The zero-order valence-corrected chi connectivity index (χ0v) is 16.5. The van der Waals surface area contributed by atoms with Crippen LogP contribution in [0.1, 0.15) is 19.3 Å². The Morgan fingerprint density at radius 2 is 1.89 bits per heavy atom. The molecule has 27 heavy (non-hydrogen) atoms. The molecule has 0 spiro atoms. The van der Waals surface area contributed by atoms with Crippen molar-refractivity contribution in [3.05, 3.63) is 24.4 Å². The first-order valence-corrected chi connectivity index (χ1v) is 10.5. The molecule has 8 nitrogen and oxygen atoms in total. The van der Waals surface area contributed by atoms with Crippen molar-refractivity contribution in [1.29, 1.82) is 0 Å². The van der Waals surface area contributed by atoms with Crippen LogP contribution >= 0.6 is 0 Å². The Morgan fingerprint density at radius 3 is 2.52 bits per heavy atom. The zero-order chi connectivity index (χ0) is 19.4. The fourth-order valence-electron chi connectivity index (χ4n) is 3.60. The van der Waals surface area contributed by atoms with Gasteiger partial charge in [0, 0.05) is 43.0 Å². The largest absolute Gasteiger partial charge is 0.493 e. The van der Waals surface area contributed by atoms with Crippen LogP contribution in [-0.4, -0.2) is 47.3 Å². The van der Waals surface area contributed by atoms with E-state index in [-0.39, 0.29) is 0 Å². The first-order valence-electron chi connectivity index (χ1n) is 8.94. The number of hydrogen-bond donors (Lipinski definition) is 2. The highest BCUT2D eigenvalue weighted by molar-refractivity contribution is 7.87. The molecule has 0 unspecified atom stereocenters. The maximum absolute atomic E-state index is 11.0. The van der Waals surface area contributed by atoms with Crippen LogP contribution in [0.4, 0.5) is 5.69 Å². The minimum atomic E-state index is -3.60. The van der Waals surface area contributed by atoms with Crippen LogP contribution in [0.3, 0.4) is 0 Å². The number of rotatable bonds is 7. The van der Waals surface area contributed by atoms with Gasteiger partial charge >= 0.3 is 0 Å². The third-order valence-electron chi connectivity index (χ3n) is 5.03. The third kappa shape index (κ3) is 4.79. The number of nitrogens with zero attached hydrogens (tertiary/aromatic N) is 2. The van der Waals surface area contributed by atoms with E-state index in [0.717, 1.165) is 48.9 Å². The second-order valence-electron chi connectivity index (χ2n) is 6.71. The fraction of sp³-hybridized carbons (Fsp3) is 0.500. The Bertz CT molecular complexity index is 896. The van der Waals surface area contributed by atoms with Gasteiger partial charge in [0.1, 0.15) is 0 Å². The smallest absolute Gasteiger partial charge is 0.274 e. The van der Waals surface area contributed by atoms with Crippen molar-refractivity contribution in [2.24, 2.45) is 11.1 Å². The van der Waals surface area contributed by atoms with Crippen molar-refractivity contribution in [2.45, 2.75) is 19.3 Å². The molecule has 1 saturated heterocycles. The molecule has 0 bridgehead atoms. The minimum Gasteiger partial charge on any atom is -0.493 e. The average Bonchev–Trinajstić information content (AvgIpc) is 2.66. The summed E-state index contributed by atoms with van der Waals surface area (Å²) in [5.74, 6) is 1.83. The van der Waals surface area contributed by atoms with Gasteiger partial charge in [0.25, 0.3) is 10.2 Å². The number of fused-ring (bicyclic) bond motifs is 1. The lowest BCUT2D eigenvalue weighted by Crippen LogP contribution is -2.36. The number of pyridine rings is 1. The molecule has 0 aliphatic carbocycles. The monoisotopic (exact) mass is 394 g/mol. The van der Waals surface area contributed by atoms with Crippen molar-refractivity contribution in [2.75, 3.05) is 38.8 Å². The first kappa shape index (κ1) is 19.7. The summed E-state index contributed by atoms with van der Waals surface area (Å²) < 4.78 is 35.1. The van der Waals surface area contributed by atoms with Gasteiger partial charge in [-0.1, -0.05) is 0 Å². The van der Waals surface area contributed by atoms with E-state index in [1.807, 2.05) is 24.4 Å². The number of methoxy groups -OCH3 is 2. The van der Waals surface area contributed by atoms with Gasteiger partial charge in [-0.3, -0.25) is 4.98 Å². The number of anilines is 1. The van der Waals surface area contributed by atoms with Crippen LogP contribution in [-0.2, 0) is 10.2 Å². The molecule has 1 fully saturated rings. The van der Waals surface area contributed by atoms with Crippen molar-refractivity contribution in [1.82, 2.24) is 9.71 Å². The molecule has 2 heterocycles. The Hall–Kier alpha value is -2.10. The maximum atomic E-state index is 11.0. The summed E-state index contributed by atoms with van der Waals surface area (Å²) in [5.41, 5.74) is 1.99. The summed E-state index contributed by atoms with van der Waals surface area (Å²) in [6.07, 6.45) is 4.62. The van der Waals surface area contributed by atoms with Crippen LogP contribution in [0.2, 0.25) is 0 Å². The number of aromatic nitrogens is 1. The van der Waals surface area contributed by atoms with E-state index in [0.29, 0.717) is 24.0 Å². The van der Waals surface area contributed by atoms with Crippen molar-refractivity contribution in [3.8, 4) is 11.5 Å². The van der Waals surface area contributed by atoms with Crippen molar-refractivity contribution >= 4 is 26.8 Å². The standard InChI is InChI=1S/C18H26N4O4S/c1-25-17-11-14-15(12-18(17)26-2)20-7-4-16(14)22-9-5-13(6-10-22)3-8-21-27(19,23)24/h4,7,11-13,21H,3,5-6,8-10H2,1-2H3,(H2,19,23,24). The number of piperidine rings is 1. The number of benzene rings is 1. The quantitative estimate of drug-likeness (QED) is 0.740. The van der Waals surface area contributed by atoms with E-state index < -0.39 is 10.2 Å². The molecule has 1 aliphatic heterocycles. The molecule has 0 saturated carbocycles. The molecule has 1 aromatic carbocycles. The lowest BCUT2D eigenvalue weighted by Gasteiger charge is -2.34. The molecule has 0 atom stereocenters. The molecule has 148 valence electrons. The van der Waals surface area contributed by atoms with Gasteiger partial charge in [-0.2, -0.15) is 8.42 Å². The summed E-state index contributed by atoms with van der Waals surface area (Å²) in [5, 5.41) is 6.01. The summed E-state index contributed by atoms with van der Waals surface area (Å²) >= 11 is 0. The lowest BCUT2D eigenvalue weighted by atomic mass is 9.93. The van der Waals surface area contributed by atoms with Gasteiger partial charge < -0.3 is 14.4 Å². The van der Waals surface area contributed by atoms with E-state index in [4.69, 9.17) is 14.6 Å². The second-order valence-corrected chi connectivity index (χ2v) is 8.09. The van der Waals surface area contributed by atoms with Crippen LogP contribution in [0, 0.1) is 5.92 Å². The van der Waals surface area contributed by atoms with Crippen molar-refractivity contribution < 1.29 is 17.9 Å². The van der Waals surface area contributed by atoms with E-state index >= 15 is 0 Å². The van der Waals surface area contributed by atoms with Gasteiger partial charge in [0.15, 0.2) is 11.5 Å². The summed E-state index contributed by atoms with van der Waals surface area (Å²) in [6.45, 7) is 2.21. The normalized spacial score (nSPS) is 15.9. The number of nitrogens with two attached hydrogens (primary N) is 1. The maximum Gasteiger partial charge on any atom is 0.274 e. The fourth-order valence-corrected chi connectivity index (χ4v) is 4.00. The Morgan fingerprint density at radius 1 is 1.22 bits per heavy atom. The molecule has 1 aromatic heterocycles. The number of nitrogens with one attached hydrogen (secondary N) is 1. The van der Waals surface area contributed by atoms with Crippen LogP contribution in [0.5, 0.6) is 11.5 Å². The zero-order valence-electron chi connectivity index (χ0n) is 15.6. The Kier molecular flexibility index (Phi) is 6.03. The van der Waals surface area contributed by atoms with E-state index in [9.17, 15) is 8.42 Å². The van der Waals surface area contributed by atoms with E-state index in [2.05, 4.69) is 14.6 Å². The van der Waals surface area contributed by atoms with Gasteiger partial charge in [-0.05, 0) is 37.3 Å². The molecule has 9 heteroatoms. The van der Waals surface area contributed by atoms with E-state index in [1.165, 1.54) is 0 Å². The highest BCUT2D eigenvalue weighted by Crippen LogP contribution is 2.36.